The van der Waals surface area contributed by atoms with Crippen molar-refractivity contribution in [2.24, 2.45) is 0 Å². The minimum atomic E-state index is -2.94. The van der Waals surface area contributed by atoms with Crippen molar-refractivity contribution in [1.29, 1.82) is 0 Å². The van der Waals surface area contributed by atoms with Crippen LogP contribution >= 0.6 is 0 Å². The zero-order chi connectivity index (χ0) is 23.7. The summed E-state index contributed by atoms with van der Waals surface area (Å²) in [6, 6.07) is 10.1. The van der Waals surface area contributed by atoms with Crippen LogP contribution in [0.1, 0.15) is 40.9 Å². The molecular formula is C24H31N5O4S. The lowest BCUT2D eigenvalue weighted by Crippen LogP contribution is -2.56. The minimum Gasteiger partial charge on any atom is -0.390 e. The van der Waals surface area contributed by atoms with Gasteiger partial charge in [0.05, 0.1) is 17.6 Å². The second-order valence-corrected chi connectivity index (χ2v) is 11.8. The van der Waals surface area contributed by atoms with Gasteiger partial charge in [-0.25, -0.2) is 18.4 Å². The Kier molecular flexibility index (Phi) is 6.54. The Morgan fingerprint density at radius 1 is 1.06 bits per heavy atom. The Morgan fingerprint density at radius 2 is 1.82 bits per heavy atom. The van der Waals surface area contributed by atoms with Gasteiger partial charge in [-0.05, 0) is 36.8 Å². The Hall–Kier alpha value is -2.56. The van der Waals surface area contributed by atoms with Gasteiger partial charge in [-0.3, -0.25) is 9.69 Å². The maximum Gasteiger partial charge on any atom is 0.272 e. The van der Waals surface area contributed by atoms with E-state index in [9.17, 15) is 18.3 Å². The molecule has 2 aromatic rings. The first-order valence-corrected chi connectivity index (χ1v) is 13.8. The number of anilines is 1. The summed E-state index contributed by atoms with van der Waals surface area (Å²) < 4.78 is 23.3. The lowest BCUT2D eigenvalue weighted by Gasteiger charge is -2.43. The number of aliphatic hydroxyl groups is 1. The van der Waals surface area contributed by atoms with Crippen molar-refractivity contribution in [3.05, 3.63) is 53.5 Å². The molecule has 2 atom stereocenters. The highest BCUT2D eigenvalue weighted by molar-refractivity contribution is 7.91. The molecule has 1 unspecified atom stereocenters. The van der Waals surface area contributed by atoms with Gasteiger partial charge in [0.1, 0.15) is 27.7 Å². The van der Waals surface area contributed by atoms with Crippen LogP contribution in [0.25, 0.3) is 0 Å². The molecular weight excluding hydrogens is 454 g/mol. The summed E-state index contributed by atoms with van der Waals surface area (Å²) in [6.07, 6.45) is 3.47. The Morgan fingerprint density at radius 3 is 2.59 bits per heavy atom. The van der Waals surface area contributed by atoms with Gasteiger partial charge in [-0.15, -0.1) is 0 Å². The Labute approximate surface area is 200 Å². The van der Waals surface area contributed by atoms with Gasteiger partial charge in [0, 0.05) is 44.3 Å². The van der Waals surface area contributed by atoms with Crippen LogP contribution in [0.2, 0.25) is 0 Å². The van der Waals surface area contributed by atoms with E-state index in [4.69, 9.17) is 0 Å². The van der Waals surface area contributed by atoms with Gasteiger partial charge < -0.3 is 15.3 Å². The summed E-state index contributed by atoms with van der Waals surface area (Å²) in [4.78, 5) is 25.5. The maximum atomic E-state index is 13.1. The number of aromatic nitrogens is 2. The van der Waals surface area contributed by atoms with Crippen molar-refractivity contribution in [3.63, 3.8) is 0 Å². The van der Waals surface area contributed by atoms with Crippen LogP contribution in [0.3, 0.4) is 0 Å². The van der Waals surface area contributed by atoms with Crippen molar-refractivity contribution in [1.82, 2.24) is 19.8 Å². The van der Waals surface area contributed by atoms with Crippen LogP contribution in [0.15, 0.2) is 36.7 Å². The summed E-state index contributed by atoms with van der Waals surface area (Å²) in [7, 11) is -2.94. The van der Waals surface area contributed by atoms with Crippen molar-refractivity contribution >= 4 is 21.6 Å². The summed E-state index contributed by atoms with van der Waals surface area (Å²) in [5, 5.41) is 14.2. The quantitative estimate of drug-likeness (QED) is 0.662. The van der Waals surface area contributed by atoms with E-state index in [2.05, 4.69) is 44.5 Å². The van der Waals surface area contributed by atoms with Gasteiger partial charge >= 0.3 is 0 Å². The van der Waals surface area contributed by atoms with Gasteiger partial charge in [0.25, 0.3) is 5.91 Å². The fourth-order valence-corrected chi connectivity index (χ4v) is 6.78. The van der Waals surface area contributed by atoms with E-state index in [1.165, 1.54) is 17.5 Å². The lowest BCUT2D eigenvalue weighted by atomic mass is 9.94. The number of rotatable bonds is 4. The van der Waals surface area contributed by atoms with Crippen molar-refractivity contribution in [2.45, 2.75) is 50.4 Å². The van der Waals surface area contributed by atoms with Crippen LogP contribution in [0.4, 0.5) is 5.82 Å². The maximum absolute atomic E-state index is 13.1. The number of hydrogen-bond donors (Lipinski definition) is 2. The molecule has 0 saturated carbocycles. The molecule has 3 aliphatic rings. The number of piperidine rings is 1. The number of hydrogen-bond acceptors (Lipinski definition) is 8. The molecule has 10 heteroatoms. The van der Waals surface area contributed by atoms with Crippen molar-refractivity contribution in [2.75, 3.05) is 36.5 Å². The number of benzene rings is 1. The molecule has 2 N–H and O–H groups in total. The second kappa shape index (κ2) is 9.59. The van der Waals surface area contributed by atoms with Crippen LogP contribution in [-0.2, 0) is 22.8 Å². The topological polar surface area (TPSA) is 116 Å². The molecule has 1 amide bonds. The number of nitrogens with zero attached hydrogens (tertiary/aromatic N) is 4. The van der Waals surface area contributed by atoms with E-state index in [-0.39, 0.29) is 41.7 Å². The molecule has 0 aliphatic carbocycles. The average molecular weight is 486 g/mol. The molecule has 3 aliphatic heterocycles. The van der Waals surface area contributed by atoms with Gasteiger partial charge in [0.2, 0.25) is 0 Å². The van der Waals surface area contributed by atoms with Gasteiger partial charge in [0.15, 0.2) is 0 Å². The van der Waals surface area contributed by atoms with E-state index in [1.807, 2.05) is 0 Å². The lowest BCUT2D eigenvalue weighted by molar-refractivity contribution is -0.0139. The van der Waals surface area contributed by atoms with Gasteiger partial charge in [-0.2, -0.15) is 0 Å². The standard InChI is InChI=1S/C24H31N5O4S/c30-22-15-29(10-6-21(22)28-9-5-17-3-1-2-4-18(17)14-28)24(31)20-13-23(26-16-25-20)27-19-7-11-34(32,33)12-8-19/h1-4,13,16,19,21-22,30H,5-12,14-15H2,(H,25,26,27)/t21?,22-/m0/s1. The highest BCUT2D eigenvalue weighted by Gasteiger charge is 2.35. The highest BCUT2D eigenvalue weighted by Crippen LogP contribution is 2.26. The molecule has 34 heavy (non-hydrogen) atoms. The van der Waals surface area contributed by atoms with E-state index in [0.717, 1.165) is 19.5 Å². The van der Waals surface area contributed by atoms with Crippen molar-refractivity contribution < 1.29 is 18.3 Å². The number of carbonyl (C=O) groups is 1. The molecule has 9 nitrogen and oxygen atoms in total. The third kappa shape index (κ3) is 5.08. The number of carbonyl (C=O) groups excluding carboxylic acids is 1. The van der Waals surface area contributed by atoms with E-state index >= 15 is 0 Å². The summed E-state index contributed by atoms with van der Waals surface area (Å²) in [5.74, 6) is 0.622. The zero-order valence-electron chi connectivity index (χ0n) is 19.1. The molecule has 4 heterocycles. The first-order chi connectivity index (χ1) is 16.4. The third-order valence-corrected chi connectivity index (χ3v) is 8.97. The SMILES string of the molecule is O=C(c1cc(NC2CCS(=O)(=O)CC2)ncn1)N1CCC(N2CCc3ccccc3C2)[C@@H](O)C1. The monoisotopic (exact) mass is 485 g/mol. The molecule has 2 fully saturated rings. The second-order valence-electron chi connectivity index (χ2n) is 9.52. The minimum absolute atomic E-state index is 0.00798. The summed E-state index contributed by atoms with van der Waals surface area (Å²) >= 11 is 0. The largest absolute Gasteiger partial charge is 0.390 e. The normalized spacial score (nSPS) is 25.5. The molecule has 182 valence electrons. The number of nitrogens with one attached hydrogen (secondary N) is 1. The molecule has 1 aromatic carbocycles. The smallest absolute Gasteiger partial charge is 0.272 e. The highest BCUT2D eigenvalue weighted by atomic mass is 32.2. The van der Waals surface area contributed by atoms with Crippen LogP contribution in [-0.4, -0.2) is 88.5 Å². The number of sulfone groups is 1. The van der Waals surface area contributed by atoms with Gasteiger partial charge in [-0.1, -0.05) is 24.3 Å². The van der Waals surface area contributed by atoms with Crippen LogP contribution in [0.5, 0.6) is 0 Å². The molecule has 5 rings (SSSR count). The van der Waals surface area contributed by atoms with E-state index in [0.29, 0.717) is 31.6 Å². The predicted octanol–water partition coefficient (Wildman–Crippen LogP) is 1.10. The number of likely N-dealkylation sites (tertiary alicyclic amines) is 1. The fraction of sp³-hybridized carbons (Fsp3) is 0.542. The van der Waals surface area contributed by atoms with Crippen LogP contribution < -0.4 is 5.32 Å². The summed E-state index contributed by atoms with van der Waals surface area (Å²) in [6.45, 7) is 2.58. The summed E-state index contributed by atoms with van der Waals surface area (Å²) in [5.41, 5.74) is 2.97. The van der Waals surface area contributed by atoms with Crippen LogP contribution in [0, 0.1) is 0 Å². The van der Waals surface area contributed by atoms with Crippen molar-refractivity contribution in [3.8, 4) is 0 Å². The molecule has 2 saturated heterocycles. The molecule has 0 bridgehead atoms. The Bertz CT molecular complexity index is 1140. The zero-order valence-corrected chi connectivity index (χ0v) is 20.0. The van der Waals surface area contributed by atoms with E-state index < -0.39 is 15.9 Å². The number of aliphatic hydroxyl groups excluding tert-OH is 1. The first-order valence-electron chi connectivity index (χ1n) is 12.0. The van der Waals surface area contributed by atoms with E-state index in [1.54, 1.807) is 11.0 Å². The number of fused-ring (bicyclic) bond motifs is 1. The molecule has 0 radical (unpaired) electrons. The average Bonchev–Trinajstić information content (AvgIpc) is 2.85. The first kappa shape index (κ1) is 23.2. The number of amides is 1. The molecule has 1 aromatic heterocycles. The Balaban J connectivity index is 1.19. The number of β-amino-alcohol motifs (C(OH)–C–C–N with tert-alkyl or cyclic N) is 1. The predicted molar refractivity (Wildman–Crippen MR) is 128 cm³/mol. The fourth-order valence-electron chi connectivity index (χ4n) is 5.29. The molecule has 0 spiro atoms. The third-order valence-electron chi connectivity index (χ3n) is 7.26.